The molecule has 0 aliphatic carbocycles. The summed E-state index contributed by atoms with van der Waals surface area (Å²) in [5, 5.41) is 3.03. The van der Waals surface area contributed by atoms with E-state index in [1.807, 2.05) is 0 Å². The van der Waals surface area contributed by atoms with E-state index in [1.54, 1.807) is 18.2 Å². The number of sulfonamides is 2. The predicted molar refractivity (Wildman–Crippen MR) is 150 cm³/mol. The van der Waals surface area contributed by atoms with Crippen molar-refractivity contribution in [2.24, 2.45) is 0 Å². The Hall–Kier alpha value is -3.64. The standard InChI is InChI=1S/C26H20Cl2FN3O5S2/c27-18-6-15-25(24(28)16-18)31-38(34,35)22-13-9-20(10-14-22)30-26(33)17-32(21-4-2-1-3-5-21)39(36,37)23-11-7-19(29)8-12-23/h1-16,31H,17H2,(H,30,33). The lowest BCUT2D eigenvalue weighted by atomic mass is 10.3. The van der Waals surface area contributed by atoms with Crippen LogP contribution in [0.3, 0.4) is 0 Å². The molecule has 8 nitrogen and oxygen atoms in total. The van der Waals surface area contributed by atoms with Crippen molar-refractivity contribution >= 4 is 66.2 Å². The fraction of sp³-hybridized carbons (Fsp3) is 0.0385. The highest BCUT2D eigenvalue weighted by Gasteiger charge is 2.27. The first-order chi connectivity index (χ1) is 18.5. The van der Waals surface area contributed by atoms with Crippen LogP contribution in [0.2, 0.25) is 10.0 Å². The summed E-state index contributed by atoms with van der Waals surface area (Å²) in [7, 11) is -8.23. The second-order valence-electron chi connectivity index (χ2n) is 8.10. The minimum Gasteiger partial charge on any atom is -0.325 e. The van der Waals surface area contributed by atoms with E-state index in [0.29, 0.717) is 5.02 Å². The average molecular weight is 609 g/mol. The van der Waals surface area contributed by atoms with E-state index >= 15 is 0 Å². The summed E-state index contributed by atoms with van der Waals surface area (Å²) in [5.74, 6) is -1.29. The molecule has 0 spiro atoms. The van der Waals surface area contributed by atoms with Crippen LogP contribution < -0.4 is 14.3 Å². The Labute approximate surface area is 235 Å². The van der Waals surface area contributed by atoms with E-state index in [1.165, 1.54) is 54.6 Å². The fourth-order valence-electron chi connectivity index (χ4n) is 3.47. The molecule has 0 unspecified atom stereocenters. The topological polar surface area (TPSA) is 113 Å². The zero-order chi connectivity index (χ0) is 28.2. The Kier molecular flexibility index (Phi) is 8.45. The predicted octanol–water partition coefficient (Wildman–Crippen LogP) is 5.77. The highest BCUT2D eigenvalue weighted by Crippen LogP contribution is 2.28. The molecular formula is C26H20Cl2FN3O5S2. The number of carbonyl (C=O) groups excluding carboxylic acids is 1. The molecule has 0 saturated carbocycles. The van der Waals surface area contributed by atoms with Gasteiger partial charge in [0.15, 0.2) is 0 Å². The molecule has 1 amide bonds. The van der Waals surface area contributed by atoms with Crippen molar-refractivity contribution < 1.29 is 26.0 Å². The van der Waals surface area contributed by atoms with Crippen LogP contribution >= 0.6 is 23.2 Å². The quantitative estimate of drug-likeness (QED) is 0.251. The van der Waals surface area contributed by atoms with Gasteiger partial charge in [-0.2, -0.15) is 0 Å². The number of para-hydroxylation sites is 1. The van der Waals surface area contributed by atoms with Crippen molar-refractivity contribution in [3.63, 3.8) is 0 Å². The Bertz CT molecular complexity index is 1700. The monoisotopic (exact) mass is 607 g/mol. The summed E-state index contributed by atoms with van der Waals surface area (Å²) in [5.41, 5.74) is 0.600. The van der Waals surface area contributed by atoms with Crippen LogP contribution in [-0.2, 0) is 24.8 Å². The molecule has 2 N–H and O–H groups in total. The van der Waals surface area contributed by atoms with Crippen LogP contribution in [-0.4, -0.2) is 29.3 Å². The van der Waals surface area contributed by atoms with Gasteiger partial charge < -0.3 is 5.32 Å². The van der Waals surface area contributed by atoms with Crippen LogP contribution in [0, 0.1) is 5.82 Å². The SMILES string of the molecule is O=C(CN(c1ccccc1)S(=O)(=O)c1ccc(F)cc1)Nc1ccc(S(=O)(=O)Nc2ccc(Cl)cc2Cl)cc1. The summed E-state index contributed by atoms with van der Waals surface area (Å²) < 4.78 is 68.8. The van der Waals surface area contributed by atoms with Gasteiger partial charge >= 0.3 is 0 Å². The largest absolute Gasteiger partial charge is 0.325 e. The van der Waals surface area contributed by atoms with Gasteiger partial charge in [-0.1, -0.05) is 41.4 Å². The number of carbonyl (C=O) groups is 1. The van der Waals surface area contributed by atoms with Gasteiger partial charge in [-0.25, -0.2) is 21.2 Å². The molecule has 39 heavy (non-hydrogen) atoms. The maximum absolute atomic E-state index is 13.4. The van der Waals surface area contributed by atoms with Gasteiger partial charge in [-0.15, -0.1) is 0 Å². The number of nitrogens with one attached hydrogen (secondary N) is 2. The summed E-state index contributed by atoms with van der Waals surface area (Å²) >= 11 is 11.9. The second-order valence-corrected chi connectivity index (χ2v) is 12.5. The number of nitrogens with zero attached hydrogens (tertiary/aromatic N) is 1. The van der Waals surface area contributed by atoms with Crippen LogP contribution in [0.25, 0.3) is 0 Å². The lowest BCUT2D eigenvalue weighted by Crippen LogP contribution is -2.38. The number of hydrogen-bond donors (Lipinski definition) is 2. The van der Waals surface area contributed by atoms with Crippen LogP contribution in [0.15, 0.2) is 107 Å². The van der Waals surface area contributed by atoms with E-state index < -0.39 is 38.3 Å². The lowest BCUT2D eigenvalue weighted by molar-refractivity contribution is -0.114. The Morgan fingerprint density at radius 2 is 1.41 bits per heavy atom. The van der Waals surface area contributed by atoms with Gasteiger partial charge in [-0.3, -0.25) is 13.8 Å². The van der Waals surface area contributed by atoms with E-state index in [4.69, 9.17) is 23.2 Å². The molecule has 13 heteroatoms. The Morgan fingerprint density at radius 3 is 2.03 bits per heavy atom. The number of rotatable bonds is 9. The number of benzene rings is 4. The van der Waals surface area contributed by atoms with Crippen molar-refractivity contribution in [3.8, 4) is 0 Å². The summed E-state index contributed by atoms with van der Waals surface area (Å²) in [4.78, 5) is 12.6. The smallest absolute Gasteiger partial charge is 0.264 e. The van der Waals surface area contributed by atoms with E-state index in [-0.39, 0.29) is 31.9 Å². The average Bonchev–Trinajstić information content (AvgIpc) is 2.90. The summed E-state index contributed by atoms with van der Waals surface area (Å²) in [6, 6.07) is 21.8. The molecule has 0 heterocycles. The molecule has 0 atom stereocenters. The molecule has 0 aliphatic heterocycles. The normalized spacial score (nSPS) is 11.6. The minimum absolute atomic E-state index is 0.101. The van der Waals surface area contributed by atoms with Gasteiger partial charge in [0.1, 0.15) is 12.4 Å². The fourth-order valence-corrected chi connectivity index (χ4v) is 6.48. The molecule has 0 bridgehead atoms. The van der Waals surface area contributed by atoms with Gasteiger partial charge in [0.2, 0.25) is 5.91 Å². The first-order valence-corrected chi connectivity index (χ1v) is 14.8. The lowest BCUT2D eigenvalue weighted by Gasteiger charge is -2.24. The molecule has 4 aromatic carbocycles. The molecule has 4 aromatic rings. The van der Waals surface area contributed by atoms with Gasteiger partial charge in [0.25, 0.3) is 20.0 Å². The third kappa shape index (κ3) is 6.87. The third-order valence-corrected chi connectivity index (χ3v) is 9.07. The summed E-state index contributed by atoms with van der Waals surface area (Å²) in [6.07, 6.45) is 0. The Balaban J connectivity index is 1.51. The first-order valence-electron chi connectivity index (χ1n) is 11.2. The van der Waals surface area contributed by atoms with Gasteiger partial charge in [-0.05, 0) is 78.9 Å². The molecule has 0 radical (unpaired) electrons. The minimum atomic E-state index is -4.22. The van der Waals surface area contributed by atoms with Crippen molar-refractivity contribution in [2.75, 3.05) is 20.9 Å². The van der Waals surface area contributed by atoms with Crippen molar-refractivity contribution in [1.82, 2.24) is 0 Å². The van der Waals surface area contributed by atoms with Crippen molar-refractivity contribution in [3.05, 3.63) is 113 Å². The maximum Gasteiger partial charge on any atom is 0.264 e. The number of halogens is 3. The molecule has 0 aliphatic rings. The molecule has 4 rings (SSSR count). The van der Waals surface area contributed by atoms with Crippen LogP contribution in [0.4, 0.5) is 21.5 Å². The number of anilines is 3. The maximum atomic E-state index is 13.4. The number of amides is 1. The first kappa shape index (κ1) is 28.4. The van der Waals surface area contributed by atoms with E-state index in [0.717, 1.165) is 28.6 Å². The van der Waals surface area contributed by atoms with Crippen LogP contribution in [0.1, 0.15) is 0 Å². The van der Waals surface area contributed by atoms with Crippen molar-refractivity contribution in [1.29, 1.82) is 0 Å². The van der Waals surface area contributed by atoms with Gasteiger partial charge in [0.05, 0.1) is 26.2 Å². The second kappa shape index (κ2) is 11.6. The molecule has 0 fully saturated rings. The van der Waals surface area contributed by atoms with E-state index in [9.17, 15) is 26.0 Å². The highest BCUT2D eigenvalue weighted by molar-refractivity contribution is 7.93. The molecule has 0 saturated heterocycles. The molecular weight excluding hydrogens is 588 g/mol. The highest BCUT2D eigenvalue weighted by atomic mass is 35.5. The number of hydrogen-bond acceptors (Lipinski definition) is 5. The third-order valence-electron chi connectivity index (χ3n) is 5.36. The van der Waals surface area contributed by atoms with Crippen molar-refractivity contribution in [2.45, 2.75) is 9.79 Å². The van der Waals surface area contributed by atoms with Crippen LogP contribution in [0.5, 0.6) is 0 Å². The van der Waals surface area contributed by atoms with Gasteiger partial charge in [0, 0.05) is 10.7 Å². The Morgan fingerprint density at radius 1 is 0.795 bits per heavy atom. The molecule has 0 aromatic heterocycles. The summed E-state index contributed by atoms with van der Waals surface area (Å²) in [6.45, 7) is -0.597. The zero-order valence-electron chi connectivity index (χ0n) is 19.9. The zero-order valence-corrected chi connectivity index (χ0v) is 23.0. The molecule has 202 valence electrons. The van der Waals surface area contributed by atoms with E-state index in [2.05, 4.69) is 10.0 Å².